The van der Waals surface area contributed by atoms with Gasteiger partial charge in [-0.3, -0.25) is 4.79 Å². The molecule has 2 rings (SSSR count). The molecule has 0 fully saturated rings. The van der Waals surface area contributed by atoms with Crippen molar-refractivity contribution in [2.45, 2.75) is 4.90 Å². The van der Waals surface area contributed by atoms with E-state index in [0.717, 1.165) is 14.2 Å². The number of hydrogen-bond acceptors (Lipinski definition) is 2. The molecule has 4 heteroatoms. The van der Waals surface area contributed by atoms with Crippen LogP contribution in [0.15, 0.2) is 53.4 Å². The molecule has 0 radical (unpaired) electrons. The number of carbonyl (C=O) groups excluding carboxylic acids is 1. The van der Waals surface area contributed by atoms with Crippen LogP contribution in [-0.4, -0.2) is 12.2 Å². The van der Waals surface area contributed by atoms with Crippen LogP contribution < -0.4 is 5.32 Å². The fourth-order valence-electron chi connectivity index (χ4n) is 1.48. The van der Waals surface area contributed by atoms with E-state index in [4.69, 9.17) is 0 Å². The summed E-state index contributed by atoms with van der Waals surface area (Å²) in [5, 5.41) is 2.87. The first-order valence-corrected chi connectivity index (χ1v) is 7.70. The summed E-state index contributed by atoms with van der Waals surface area (Å²) < 4.78 is 1.15. The minimum Gasteiger partial charge on any atom is -0.322 e. The second-order valence-electron chi connectivity index (χ2n) is 3.69. The highest BCUT2D eigenvalue weighted by Gasteiger charge is 2.05. The highest BCUT2D eigenvalue weighted by molar-refractivity contribution is 14.1. The van der Waals surface area contributed by atoms with Crippen LogP contribution in [0.1, 0.15) is 10.4 Å². The van der Waals surface area contributed by atoms with Crippen LogP contribution in [0.5, 0.6) is 0 Å². The molecule has 0 saturated carbocycles. The number of carbonyl (C=O) groups is 1. The summed E-state index contributed by atoms with van der Waals surface area (Å²) >= 11 is 3.90. The van der Waals surface area contributed by atoms with E-state index in [1.165, 1.54) is 0 Å². The number of hydrogen-bond donors (Lipinski definition) is 1. The lowest BCUT2D eigenvalue weighted by Crippen LogP contribution is -2.11. The van der Waals surface area contributed by atoms with Gasteiger partial charge in [0.05, 0.1) is 0 Å². The number of halogens is 1. The molecule has 2 aromatic carbocycles. The number of nitrogens with one attached hydrogen (secondary N) is 1. The molecule has 0 heterocycles. The maximum absolute atomic E-state index is 12.0. The van der Waals surface area contributed by atoms with Crippen LogP contribution in [0.3, 0.4) is 0 Å². The fourth-order valence-corrected chi connectivity index (χ4v) is 2.25. The summed E-state index contributed by atoms with van der Waals surface area (Å²) in [6.07, 6.45) is 2.01. The van der Waals surface area contributed by atoms with Crippen molar-refractivity contribution in [1.29, 1.82) is 0 Å². The van der Waals surface area contributed by atoms with Crippen molar-refractivity contribution in [1.82, 2.24) is 0 Å². The lowest BCUT2D eigenvalue weighted by Gasteiger charge is -2.05. The average Bonchev–Trinajstić information content (AvgIpc) is 2.41. The number of rotatable bonds is 3. The van der Waals surface area contributed by atoms with Gasteiger partial charge in [-0.1, -0.05) is 0 Å². The number of benzene rings is 2. The van der Waals surface area contributed by atoms with Gasteiger partial charge in [0, 0.05) is 19.7 Å². The summed E-state index contributed by atoms with van der Waals surface area (Å²) in [6.45, 7) is 0. The first-order chi connectivity index (χ1) is 8.69. The van der Waals surface area contributed by atoms with Crippen LogP contribution >= 0.6 is 34.4 Å². The number of amides is 1. The first kappa shape index (κ1) is 13.4. The van der Waals surface area contributed by atoms with Gasteiger partial charge in [0.1, 0.15) is 0 Å². The molecule has 0 bridgehead atoms. The Morgan fingerprint density at radius 3 is 2.22 bits per heavy atom. The highest BCUT2D eigenvalue weighted by Crippen LogP contribution is 2.16. The molecule has 92 valence electrons. The Hall–Kier alpha value is -1.01. The SMILES string of the molecule is CSc1ccc(C(=O)Nc2ccc(I)cc2)cc1. The molecule has 2 aromatic rings. The molecule has 0 unspecified atom stereocenters. The molecule has 0 aromatic heterocycles. The van der Waals surface area contributed by atoms with Gasteiger partial charge in [0.25, 0.3) is 5.91 Å². The van der Waals surface area contributed by atoms with E-state index in [0.29, 0.717) is 5.56 Å². The molecular formula is C14H12INOS. The zero-order valence-electron chi connectivity index (χ0n) is 9.81. The lowest BCUT2D eigenvalue weighted by atomic mass is 10.2. The summed E-state index contributed by atoms with van der Waals surface area (Å²) in [4.78, 5) is 13.1. The van der Waals surface area contributed by atoms with E-state index in [1.54, 1.807) is 11.8 Å². The second kappa shape index (κ2) is 6.24. The van der Waals surface area contributed by atoms with E-state index in [-0.39, 0.29) is 5.91 Å². The van der Waals surface area contributed by atoms with Crippen LogP contribution in [0.2, 0.25) is 0 Å². The van der Waals surface area contributed by atoms with Gasteiger partial charge in [-0.15, -0.1) is 11.8 Å². The molecule has 0 spiro atoms. The van der Waals surface area contributed by atoms with E-state index >= 15 is 0 Å². The molecule has 0 aliphatic carbocycles. The van der Waals surface area contributed by atoms with Crippen LogP contribution in [0.4, 0.5) is 5.69 Å². The van der Waals surface area contributed by atoms with Crippen molar-refractivity contribution in [2.75, 3.05) is 11.6 Å². The summed E-state index contributed by atoms with van der Waals surface area (Å²) in [6, 6.07) is 15.3. The third-order valence-corrected chi connectivity index (χ3v) is 3.92. The number of anilines is 1. The van der Waals surface area contributed by atoms with Crippen molar-refractivity contribution < 1.29 is 4.79 Å². The fraction of sp³-hybridized carbons (Fsp3) is 0.0714. The second-order valence-corrected chi connectivity index (χ2v) is 5.81. The largest absolute Gasteiger partial charge is 0.322 e. The lowest BCUT2D eigenvalue weighted by molar-refractivity contribution is 0.102. The predicted octanol–water partition coefficient (Wildman–Crippen LogP) is 4.27. The van der Waals surface area contributed by atoms with Crippen molar-refractivity contribution in [2.24, 2.45) is 0 Å². The normalized spacial score (nSPS) is 10.1. The first-order valence-electron chi connectivity index (χ1n) is 5.40. The maximum atomic E-state index is 12.0. The van der Waals surface area contributed by atoms with E-state index in [1.807, 2.05) is 54.8 Å². The van der Waals surface area contributed by atoms with Gasteiger partial charge in [0.15, 0.2) is 0 Å². The Morgan fingerprint density at radius 2 is 1.67 bits per heavy atom. The zero-order valence-corrected chi connectivity index (χ0v) is 12.8. The van der Waals surface area contributed by atoms with Gasteiger partial charge in [0.2, 0.25) is 0 Å². The van der Waals surface area contributed by atoms with Gasteiger partial charge in [-0.2, -0.15) is 0 Å². The molecule has 2 nitrogen and oxygen atoms in total. The van der Waals surface area contributed by atoms with Crippen LogP contribution in [-0.2, 0) is 0 Å². The third kappa shape index (κ3) is 3.49. The molecule has 1 N–H and O–H groups in total. The minimum atomic E-state index is -0.0798. The quantitative estimate of drug-likeness (QED) is 0.647. The van der Waals surface area contributed by atoms with Crippen molar-refractivity contribution in [3.8, 4) is 0 Å². The molecule has 0 aliphatic rings. The van der Waals surface area contributed by atoms with Crippen LogP contribution in [0, 0.1) is 3.57 Å². The smallest absolute Gasteiger partial charge is 0.255 e. The standard InChI is InChI=1S/C14H12INOS/c1-18-13-8-2-10(3-9-13)14(17)16-12-6-4-11(15)5-7-12/h2-9H,1H3,(H,16,17). The number of thioether (sulfide) groups is 1. The molecule has 0 atom stereocenters. The Bertz CT molecular complexity index is 537. The molecular weight excluding hydrogens is 357 g/mol. The molecule has 18 heavy (non-hydrogen) atoms. The minimum absolute atomic E-state index is 0.0798. The third-order valence-electron chi connectivity index (χ3n) is 2.45. The maximum Gasteiger partial charge on any atom is 0.255 e. The molecule has 0 saturated heterocycles. The van der Waals surface area contributed by atoms with Gasteiger partial charge in [-0.25, -0.2) is 0 Å². The van der Waals surface area contributed by atoms with E-state index < -0.39 is 0 Å². The molecule has 0 aliphatic heterocycles. The zero-order chi connectivity index (χ0) is 13.0. The summed E-state index contributed by atoms with van der Waals surface area (Å²) in [5.41, 5.74) is 1.49. The summed E-state index contributed by atoms with van der Waals surface area (Å²) in [5.74, 6) is -0.0798. The van der Waals surface area contributed by atoms with Gasteiger partial charge in [-0.05, 0) is 77.4 Å². The predicted molar refractivity (Wildman–Crippen MR) is 85.3 cm³/mol. The highest BCUT2D eigenvalue weighted by atomic mass is 127. The Labute approximate surface area is 124 Å². The topological polar surface area (TPSA) is 29.1 Å². The van der Waals surface area contributed by atoms with Gasteiger partial charge < -0.3 is 5.32 Å². The van der Waals surface area contributed by atoms with E-state index in [9.17, 15) is 4.79 Å². The Morgan fingerprint density at radius 1 is 1.06 bits per heavy atom. The van der Waals surface area contributed by atoms with E-state index in [2.05, 4.69) is 27.9 Å². The summed E-state index contributed by atoms with van der Waals surface area (Å²) in [7, 11) is 0. The Kier molecular flexibility index (Phi) is 4.66. The van der Waals surface area contributed by atoms with Gasteiger partial charge >= 0.3 is 0 Å². The van der Waals surface area contributed by atoms with Crippen LogP contribution in [0.25, 0.3) is 0 Å². The van der Waals surface area contributed by atoms with Crippen molar-refractivity contribution in [3.63, 3.8) is 0 Å². The monoisotopic (exact) mass is 369 g/mol. The molecule has 1 amide bonds. The Balaban J connectivity index is 2.09. The van der Waals surface area contributed by atoms with Crippen molar-refractivity contribution in [3.05, 3.63) is 57.7 Å². The van der Waals surface area contributed by atoms with Crippen molar-refractivity contribution >= 4 is 45.9 Å². The average molecular weight is 369 g/mol.